The highest BCUT2D eigenvalue weighted by Crippen LogP contribution is 2.15. The molecule has 1 amide bonds. The average Bonchev–Trinajstić information content (AvgIpc) is 2.94. The molecule has 0 heterocycles. The second-order valence-corrected chi connectivity index (χ2v) is 11.9. The van der Waals surface area contributed by atoms with Gasteiger partial charge in [0.05, 0.1) is 18.8 Å². The predicted molar refractivity (Wildman–Crippen MR) is 170 cm³/mol. The Kier molecular flexibility index (Phi) is 30.9. The summed E-state index contributed by atoms with van der Waals surface area (Å²) >= 11 is 0. The summed E-state index contributed by atoms with van der Waals surface area (Å²) in [5, 5.41) is 23.0. The van der Waals surface area contributed by atoms with E-state index in [0.29, 0.717) is 12.8 Å². The van der Waals surface area contributed by atoms with Gasteiger partial charge in [-0.25, -0.2) is 0 Å². The molecule has 0 aliphatic heterocycles. The highest BCUT2D eigenvalue weighted by atomic mass is 16.3. The van der Waals surface area contributed by atoms with Crippen molar-refractivity contribution in [1.29, 1.82) is 0 Å². The molecule has 0 fully saturated rings. The van der Waals surface area contributed by atoms with E-state index in [2.05, 4.69) is 31.3 Å². The summed E-state index contributed by atoms with van der Waals surface area (Å²) in [4.78, 5) is 12.3. The topological polar surface area (TPSA) is 69.6 Å². The van der Waals surface area contributed by atoms with Gasteiger partial charge in [-0.3, -0.25) is 4.79 Å². The Labute approximate surface area is 244 Å². The number of unbranched alkanes of at least 4 members (excludes halogenated alkanes) is 22. The molecule has 232 valence electrons. The van der Waals surface area contributed by atoms with Gasteiger partial charge in [-0.2, -0.15) is 0 Å². The fraction of sp³-hybridized carbons (Fsp3) is 0.914. The lowest BCUT2D eigenvalue weighted by Gasteiger charge is -2.22. The smallest absolute Gasteiger partial charge is 0.220 e. The van der Waals surface area contributed by atoms with E-state index in [9.17, 15) is 15.0 Å². The van der Waals surface area contributed by atoms with Crippen molar-refractivity contribution in [3.8, 4) is 0 Å². The molecule has 0 bridgehead atoms. The van der Waals surface area contributed by atoms with Crippen LogP contribution in [0.25, 0.3) is 0 Å². The normalized spacial score (nSPS) is 13.2. The van der Waals surface area contributed by atoms with Crippen molar-refractivity contribution in [1.82, 2.24) is 5.32 Å². The van der Waals surface area contributed by atoms with Crippen molar-refractivity contribution in [3.05, 3.63) is 12.2 Å². The van der Waals surface area contributed by atoms with Crippen LogP contribution in [0.1, 0.15) is 187 Å². The minimum absolute atomic E-state index is 0.0414. The van der Waals surface area contributed by atoms with Gasteiger partial charge in [0.2, 0.25) is 5.91 Å². The molecule has 0 aliphatic carbocycles. The highest BCUT2D eigenvalue weighted by Gasteiger charge is 2.19. The molecule has 4 nitrogen and oxygen atoms in total. The Balaban J connectivity index is 3.58. The molecular formula is C35H69NO3. The minimum atomic E-state index is -0.656. The van der Waals surface area contributed by atoms with Gasteiger partial charge in [-0.15, -0.1) is 0 Å². The maximum Gasteiger partial charge on any atom is 0.220 e. The quantitative estimate of drug-likeness (QED) is 0.0593. The van der Waals surface area contributed by atoms with E-state index in [4.69, 9.17) is 0 Å². The predicted octanol–water partition coefficient (Wildman–Crippen LogP) is 9.95. The second-order valence-electron chi connectivity index (χ2n) is 11.9. The third-order valence-electron chi connectivity index (χ3n) is 8.03. The number of aliphatic hydroxyl groups excluding tert-OH is 2. The van der Waals surface area contributed by atoms with Gasteiger partial charge in [-0.1, -0.05) is 154 Å². The maximum absolute atomic E-state index is 12.3. The van der Waals surface area contributed by atoms with Crippen LogP contribution in [0.2, 0.25) is 0 Å². The standard InChI is InChI=1S/C35H69NO3/c1-3-5-7-9-11-13-15-17-19-21-23-25-27-29-31-35(39)36-33(32-37)34(38)30-28-26-24-22-20-18-16-14-12-10-8-6-4-2/h15,17,33-34,37-38H,3-14,16,18-32H2,1-2H3,(H,36,39)/b17-15+/t33-,34+/m0/s1. The Morgan fingerprint density at radius 2 is 0.974 bits per heavy atom. The van der Waals surface area contributed by atoms with Crippen molar-refractivity contribution >= 4 is 5.91 Å². The van der Waals surface area contributed by atoms with Crippen LogP contribution in [0.3, 0.4) is 0 Å². The molecule has 4 heteroatoms. The van der Waals surface area contributed by atoms with Crippen LogP contribution in [0.15, 0.2) is 12.2 Å². The Bertz CT molecular complexity index is 522. The summed E-state index contributed by atoms with van der Waals surface area (Å²) in [6.07, 6.45) is 36.8. The first-order chi connectivity index (χ1) is 19.2. The van der Waals surface area contributed by atoms with E-state index >= 15 is 0 Å². The SMILES string of the molecule is CCCCCCC/C=C/CCCCCCCC(=O)N[C@@H](CO)[C@H](O)CCCCCCCCCCCCCCC. The first-order valence-electron chi connectivity index (χ1n) is 17.4. The van der Waals surface area contributed by atoms with E-state index in [-0.39, 0.29) is 12.5 Å². The number of hydrogen-bond donors (Lipinski definition) is 3. The second kappa shape index (κ2) is 31.7. The van der Waals surface area contributed by atoms with E-state index in [0.717, 1.165) is 25.7 Å². The summed E-state index contributed by atoms with van der Waals surface area (Å²) in [5.74, 6) is -0.0414. The van der Waals surface area contributed by atoms with Crippen LogP contribution < -0.4 is 5.32 Å². The van der Waals surface area contributed by atoms with Gasteiger partial charge in [-0.05, 0) is 38.5 Å². The third-order valence-corrected chi connectivity index (χ3v) is 8.03. The fourth-order valence-electron chi connectivity index (χ4n) is 5.29. The Morgan fingerprint density at radius 1 is 0.590 bits per heavy atom. The molecular weight excluding hydrogens is 482 g/mol. The number of allylic oxidation sites excluding steroid dienone is 2. The van der Waals surface area contributed by atoms with E-state index < -0.39 is 12.1 Å². The van der Waals surface area contributed by atoms with Crippen molar-refractivity contribution in [3.63, 3.8) is 0 Å². The first-order valence-corrected chi connectivity index (χ1v) is 17.4. The molecule has 0 rings (SSSR count). The van der Waals surface area contributed by atoms with Crippen LogP contribution in [-0.4, -0.2) is 34.9 Å². The molecule has 0 spiro atoms. The molecule has 0 aromatic carbocycles. The number of carbonyl (C=O) groups is 1. The molecule has 0 unspecified atom stereocenters. The van der Waals surface area contributed by atoms with Gasteiger partial charge in [0, 0.05) is 6.42 Å². The van der Waals surface area contributed by atoms with Crippen molar-refractivity contribution < 1.29 is 15.0 Å². The summed E-state index contributed by atoms with van der Waals surface area (Å²) in [7, 11) is 0. The van der Waals surface area contributed by atoms with Gasteiger partial charge in [0.15, 0.2) is 0 Å². The van der Waals surface area contributed by atoms with Gasteiger partial charge < -0.3 is 15.5 Å². The van der Waals surface area contributed by atoms with Gasteiger partial charge >= 0.3 is 0 Å². The number of nitrogens with one attached hydrogen (secondary N) is 1. The molecule has 2 atom stereocenters. The van der Waals surface area contributed by atoms with Gasteiger partial charge in [0.1, 0.15) is 0 Å². The van der Waals surface area contributed by atoms with Gasteiger partial charge in [0.25, 0.3) is 0 Å². The zero-order valence-corrected chi connectivity index (χ0v) is 26.4. The van der Waals surface area contributed by atoms with E-state index in [1.807, 2.05) is 0 Å². The number of amides is 1. The van der Waals surface area contributed by atoms with Crippen molar-refractivity contribution in [2.24, 2.45) is 0 Å². The lowest BCUT2D eigenvalue weighted by atomic mass is 10.0. The van der Waals surface area contributed by atoms with Crippen LogP contribution in [0.4, 0.5) is 0 Å². The summed E-state index contributed by atoms with van der Waals surface area (Å²) in [6, 6.07) is -0.534. The Morgan fingerprint density at radius 3 is 1.41 bits per heavy atom. The summed E-state index contributed by atoms with van der Waals surface area (Å²) < 4.78 is 0. The van der Waals surface area contributed by atoms with Crippen molar-refractivity contribution in [2.75, 3.05) is 6.61 Å². The number of aliphatic hydroxyl groups is 2. The molecule has 0 radical (unpaired) electrons. The summed E-state index contributed by atoms with van der Waals surface area (Å²) in [6.45, 7) is 4.33. The molecule has 0 aliphatic rings. The first kappa shape index (κ1) is 38.1. The minimum Gasteiger partial charge on any atom is -0.394 e. The lowest BCUT2D eigenvalue weighted by molar-refractivity contribution is -0.123. The van der Waals surface area contributed by atoms with Crippen LogP contribution in [0.5, 0.6) is 0 Å². The molecule has 0 saturated carbocycles. The molecule has 0 saturated heterocycles. The fourth-order valence-corrected chi connectivity index (χ4v) is 5.29. The Hall–Kier alpha value is -0.870. The largest absolute Gasteiger partial charge is 0.394 e. The molecule has 0 aromatic rings. The molecule has 3 N–H and O–H groups in total. The lowest BCUT2D eigenvalue weighted by Crippen LogP contribution is -2.45. The molecule has 39 heavy (non-hydrogen) atoms. The molecule has 0 aromatic heterocycles. The van der Waals surface area contributed by atoms with Crippen LogP contribution in [-0.2, 0) is 4.79 Å². The number of rotatable bonds is 31. The van der Waals surface area contributed by atoms with Crippen molar-refractivity contribution in [2.45, 2.75) is 199 Å². The van der Waals surface area contributed by atoms with Crippen LogP contribution >= 0.6 is 0 Å². The van der Waals surface area contributed by atoms with E-state index in [1.54, 1.807) is 0 Å². The average molecular weight is 552 g/mol. The third kappa shape index (κ3) is 28.5. The zero-order chi connectivity index (χ0) is 28.7. The highest BCUT2D eigenvalue weighted by molar-refractivity contribution is 5.76. The maximum atomic E-state index is 12.3. The zero-order valence-electron chi connectivity index (χ0n) is 26.4. The van der Waals surface area contributed by atoms with Crippen LogP contribution in [0, 0.1) is 0 Å². The number of carbonyl (C=O) groups excluding carboxylic acids is 1. The van der Waals surface area contributed by atoms with E-state index in [1.165, 1.54) is 135 Å². The summed E-state index contributed by atoms with van der Waals surface area (Å²) in [5.41, 5.74) is 0. The monoisotopic (exact) mass is 552 g/mol. The number of hydrogen-bond acceptors (Lipinski definition) is 3.